The van der Waals surface area contributed by atoms with Gasteiger partial charge in [-0.25, -0.2) is 4.39 Å². The molecule has 0 fully saturated rings. The van der Waals surface area contributed by atoms with Gasteiger partial charge < -0.3 is 9.15 Å². The van der Waals surface area contributed by atoms with Crippen LogP contribution in [0.2, 0.25) is 0 Å². The molecule has 5 nitrogen and oxygen atoms in total. The third kappa shape index (κ3) is 4.04. The van der Waals surface area contributed by atoms with E-state index in [2.05, 4.69) is 10.2 Å². The molecule has 0 aliphatic heterocycles. The van der Waals surface area contributed by atoms with Crippen molar-refractivity contribution in [1.29, 1.82) is 0 Å². The Kier molecular flexibility index (Phi) is 5.32. The topological polar surface area (TPSA) is 65.2 Å². The van der Waals surface area contributed by atoms with Crippen molar-refractivity contribution in [2.45, 2.75) is 30.7 Å². The summed E-state index contributed by atoms with van der Waals surface area (Å²) in [5, 5.41) is 7.69. The van der Waals surface area contributed by atoms with Crippen molar-refractivity contribution in [2.24, 2.45) is 0 Å². The van der Waals surface area contributed by atoms with E-state index in [1.807, 2.05) is 6.92 Å². The summed E-state index contributed by atoms with van der Waals surface area (Å²) in [7, 11) is 0. The van der Waals surface area contributed by atoms with Gasteiger partial charge in [-0.3, -0.25) is 4.79 Å². The molecule has 1 atom stereocenters. The third-order valence-electron chi connectivity index (χ3n) is 2.66. The second-order valence-electron chi connectivity index (χ2n) is 4.15. The molecule has 1 aromatic carbocycles. The van der Waals surface area contributed by atoms with Crippen LogP contribution in [0.3, 0.4) is 0 Å². The van der Waals surface area contributed by atoms with Gasteiger partial charge in [-0.1, -0.05) is 18.7 Å². The zero-order valence-corrected chi connectivity index (χ0v) is 12.5. The number of benzene rings is 1. The highest BCUT2D eigenvalue weighted by Gasteiger charge is 2.22. The second-order valence-corrected chi connectivity index (χ2v) is 5.30. The fourth-order valence-electron chi connectivity index (χ4n) is 1.62. The predicted molar refractivity (Wildman–Crippen MR) is 76.3 cm³/mol. The molecule has 0 radical (unpaired) electrons. The number of nitrogens with zero attached hydrogens (tertiary/aromatic N) is 2. The minimum atomic E-state index is -0.383. The lowest BCUT2D eigenvalue weighted by Gasteiger charge is -2.09. The van der Waals surface area contributed by atoms with E-state index >= 15 is 0 Å². The monoisotopic (exact) mass is 310 g/mol. The average molecular weight is 310 g/mol. The maximum atomic E-state index is 12.9. The molecule has 1 heterocycles. The first-order valence-electron chi connectivity index (χ1n) is 6.56. The lowest BCUT2D eigenvalue weighted by atomic mass is 10.2. The van der Waals surface area contributed by atoms with Crippen LogP contribution in [-0.2, 0) is 9.53 Å². The van der Waals surface area contributed by atoms with Gasteiger partial charge in [-0.05, 0) is 37.6 Å². The molecule has 0 saturated carbocycles. The van der Waals surface area contributed by atoms with Gasteiger partial charge >= 0.3 is 5.97 Å². The molecular weight excluding hydrogens is 295 g/mol. The number of carbonyl (C=O) groups is 1. The van der Waals surface area contributed by atoms with Gasteiger partial charge in [0.15, 0.2) is 0 Å². The number of thioether (sulfide) groups is 1. The predicted octanol–water partition coefficient (Wildman–Crippen LogP) is 3.31. The summed E-state index contributed by atoms with van der Waals surface area (Å²) in [6.45, 7) is 3.97. The Labute approximate surface area is 125 Å². The molecule has 0 saturated heterocycles. The Morgan fingerprint density at radius 2 is 2.05 bits per heavy atom. The van der Waals surface area contributed by atoms with E-state index < -0.39 is 0 Å². The van der Waals surface area contributed by atoms with Crippen LogP contribution in [0.4, 0.5) is 4.39 Å². The highest BCUT2D eigenvalue weighted by molar-refractivity contribution is 8.00. The number of aromatic nitrogens is 2. The maximum absolute atomic E-state index is 12.9. The Morgan fingerprint density at radius 3 is 2.67 bits per heavy atom. The molecule has 2 rings (SSSR count). The number of halogens is 1. The molecule has 0 N–H and O–H groups in total. The first-order chi connectivity index (χ1) is 10.1. The van der Waals surface area contributed by atoms with Crippen LogP contribution in [0.1, 0.15) is 20.3 Å². The molecule has 7 heteroatoms. The quantitative estimate of drug-likeness (QED) is 0.602. The largest absolute Gasteiger partial charge is 0.465 e. The standard InChI is InChI=1S/C14H15FN2O3S/c1-3-11(13(18)19-4-2)21-14-17-16-12(20-14)9-5-7-10(15)8-6-9/h5-8,11H,3-4H2,1-2H3/t11-/m0/s1. The lowest BCUT2D eigenvalue weighted by Crippen LogP contribution is -2.19. The first kappa shape index (κ1) is 15.5. The smallest absolute Gasteiger partial charge is 0.319 e. The molecule has 21 heavy (non-hydrogen) atoms. The zero-order chi connectivity index (χ0) is 15.2. The molecule has 0 bridgehead atoms. The van der Waals surface area contributed by atoms with Crippen LogP contribution >= 0.6 is 11.8 Å². The molecule has 0 aliphatic rings. The average Bonchev–Trinajstić information content (AvgIpc) is 2.94. The maximum Gasteiger partial charge on any atom is 0.319 e. The van der Waals surface area contributed by atoms with Gasteiger partial charge in [-0.2, -0.15) is 0 Å². The second kappa shape index (κ2) is 7.21. The molecular formula is C14H15FN2O3S. The van der Waals surface area contributed by atoms with Gasteiger partial charge in [-0.15, -0.1) is 10.2 Å². The Bertz CT molecular complexity index is 601. The molecule has 0 aliphatic carbocycles. The van der Waals surface area contributed by atoms with Crippen molar-refractivity contribution in [3.8, 4) is 11.5 Å². The molecule has 0 spiro atoms. The van der Waals surface area contributed by atoms with E-state index in [9.17, 15) is 9.18 Å². The van der Waals surface area contributed by atoms with Crippen LogP contribution in [0.5, 0.6) is 0 Å². The van der Waals surface area contributed by atoms with Crippen molar-refractivity contribution in [3.63, 3.8) is 0 Å². The summed E-state index contributed by atoms with van der Waals surface area (Å²) in [5.41, 5.74) is 0.625. The van der Waals surface area contributed by atoms with Crippen molar-refractivity contribution in [1.82, 2.24) is 10.2 Å². The molecule has 112 valence electrons. The van der Waals surface area contributed by atoms with Crippen LogP contribution in [0, 0.1) is 5.82 Å². The van der Waals surface area contributed by atoms with Gasteiger partial charge in [0.2, 0.25) is 5.89 Å². The van der Waals surface area contributed by atoms with Crippen molar-refractivity contribution >= 4 is 17.7 Å². The van der Waals surface area contributed by atoms with Crippen LogP contribution in [0.15, 0.2) is 33.9 Å². The summed E-state index contributed by atoms with van der Waals surface area (Å²) in [4.78, 5) is 11.7. The fourth-order valence-corrected chi connectivity index (χ4v) is 2.41. The highest BCUT2D eigenvalue weighted by atomic mass is 32.2. The zero-order valence-electron chi connectivity index (χ0n) is 11.7. The molecule has 0 amide bonds. The third-order valence-corrected chi connectivity index (χ3v) is 3.84. The van der Waals surface area contributed by atoms with Gasteiger partial charge in [0.05, 0.1) is 6.61 Å². The van der Waals surface area contributed by atoms with Crippen molar-refractivity contribution in [3.05, 3.63) is 30.1 Å². The summed E-state index contributed by atoms with van der Waals surface area (Å²) >= 11 is 1.17. The molecule has 2 aromatic rings. The summed E-state index contributed by atoms with van der Waals surface area (Å²) < 4.78 is 23.3. The van der Waals surface area contributed by atoms with Crippen molar-refractivity contribution < 1.29 is 18.3 Å². The minimum absolute atomic E-state index is 0.286. The molecule has 1 aromatic heterocycles. The van der Waals surface area contributed by atoms with Crippen LogP contribution in [-0.4, -0.2) is 28.0 Å². The van der Waals surface area contributed by atoms with Crippen molar-refractivity contribution in [2.75, 3.05) is 6.61 Å². The Hall–Kier alpha value is -1.89. The Morgan fingerprint density at radius 1 is 1.33 bits per heavy atom. The number of rotatable bonds is 6. The fraction of sp³-hybridized carbons (Fsp3) is 0.357. The summed E-state index contributed by atoms with van der Waals surface area (Å²) in [5.74, 6) is -0.344. The summed E-state index contributed by atoms with van der Waals surface area (Å²) in [6, 6.07) is 5.75. The van der Waals surface area contributed by atoms with Gasteiger partial charge in [0, 0.05) is 5.56 Å². The van der Waals surface area contributed by atoms with Gasteiger partial charge in [0.1, 0.15) is 11.1 Å². The van der Waals surface area contributed by atoms with E-state index in [0.717, 1.165) is 0 Å². The normalized spacial score (nSPS) is 12.1. The first-order valence-corrected chi connectivity index (χ1v) is 7.44. The van der Waals surface area contributed by atoms with E-state index in [1.54, 1.807) is 19.1 Å². The van der Waals surface area contributed by atoms with E-state index in [4.69, 9.17) is 9.15 Å². The number of hydrogen-bond donors (Lipinski definition) is 0. The van der Waals surface area contributed by atoms with E-state index in [1.165, 1.54) is 23.9 Å². The number of esters is 1. The lowest BCUT2D eigenvalue weighted by molar-refractivity contribution is -0.142. The summed E-state index contributed by atoms with van der Waals surface area (Å²) in [6.07, 6.45) is 0.595. The highest BCUT2D eigenvalue weighted by Crippen LogP contribution is 2.28. The Balaban J connectivity index is 2.08. The number of carbonyl (C=O) groups excluding carboxylic acids is 1. The van der Waals surface area contributed by atoms with E-state index in [-0.39, 0.29) is 28.1 Å². The van der Waals surface area contributed by atoms with Crippen LogP contribution in [0.25, 0.3) is 11.5 Å². The minimum Gasteiger partial charge on any atom is -0.465 e. The molecule has 0 unspecified atom stereocenters. The van der Waals surface area contributed by atoms with Crippen LogP contribution < -0.4 is 0 Å². The SMILES string of the molecule is CCOC(=O)[C@H](CC)Sc1nnc(-c2ccc(F)cc2)o1. The number of hydrogen-bond acceptors (Lipinski definition) is 6. The van der Waals surface area contributed by atoms with E-state index in [0.29, 0.717) is 18.6 Å². The van der Waals surface area contributed by atoms with Gasteiger partial charge in [0.25, 0.3) is 5.22 Å². The number of ether oxygens (including phenoxy) is 1.